The van der Waals surface area contributed by atoms with E-state index in [0.717, 1.165) is 0 Å². The highest BCUT2D eigenvalue weighted by atomic mass is 32.2. The fourth-order valence-corrected chi connectivity index (χ4v) is 0. The van der Waals surface area contributed by atoms with Crippen molar-refractivity contribution in [2.24, 2.45) is 0 Å². The molecule has 0 unspecified atom stereocenters. The molecule has 0 aromatic rings. The van der Waals surface area contributed by atoms with Gasteiger partial charge >= 0.3 is 46.9 Å². The summed E-state index contributed by atoms with van der Waals surface area (Å²) in [5.41, 5.74) is -16.6. The van der Waals surface area contributed by atoms with Crippen LogP contribution in [0.1, 0.15) is 0 Å². The van der Waals surface area contributed by atoms with Crippen molar-refractivity contribution in [3.05, 3.63) is 0 Å². The molecular formula is C3H3AlF9O9S3. The monoisotopic (exact) mass is 477 g/mol. The quantitative estimate of drug-likeness (QED) is 0.198. The van der Waals surface area contributed by atoms with Gasteiger partial charge in [0, 0.05) is 17.4 Å². The Hall–Kier alpha value is -0.368. The zero-order valence-electron chi connectivity index (χ0n) is 10.5. The van der Waals surface area contributed by atoms with Crippen LogP contribution in [0, 0.1) is 0 Å². The van der Waals surface area contributed by atoms with Gasteiger partial charge in [-0.05, 0) is 0 Å². The van der Waals surface area contributed by atoms with Gasteiger partial charge in [0.15, 0.2) is 0 Å². The van der Waals surface area contributed by atoms with Crippen molar-refractivity contribution in [2.75, 3.05) is 0 Å². The third-order valence-corrected chi connectivity index (χ3v) is 2.63. The maximum absolute atomic E-state index is 10.7. The van der Waals surface area contributed by atoms with Gasteiger partial charge in [0.2, 0.25) is 0 Å². The van der Waals surface area contributed by atoms with E-state index in [1.807, 2.05) is 0 Å². The number of alkyl halides is 9. The second-order valence-electron chi connectivity index (χ2n) is 2.76. The summed E-state index contributed by atoms with van der Waals surface area (Å²) in [4.78, 5) is 0. The van der Waals surface area contributed by atoms with E-state index in [1.54, 1.807) is 0 Å². The molecule has 0 amide bonds. The molecule has 0 saturated carbocycles. The Kier molecular flexibility index (Phi) is 12.3. The van der Waals surface area contributed by atoms with Crippen molar-refractivity contribution >= 4 is 47.7 Å². The lowest BCUT2D eigenvalue weighted by atomic mass is 11.6. The van der Waals surface area contributed by atoms with Crippen LogP contribution in [0.25, 0.3) is 0 Å². The molecule has 9 nitrogen and oxygen atoms in total. The highest BCUT2D eigenvalue weighted by Gasteiger charge is 2.45. The lowest BCUT2D eigenvalue weighted by molar-refractivity contribution is -0.0514. The molecule has 0 spiro atoms. The van der Waals surface area contributed by atoms with Crippen LogP contribution in [0.4, 0.5) is 39.5 Å². The van der Waals surface area contributed by atoms with Crippen LogP contribution in [0.5, 0.6) is 0 Å². The molecule has 0 aromatic heterocycles. The molecular weight excluding hydrogens is 474 g/mol. The van der Waals surface area contributed by atoms with Gasteiger partial charge in [-0.1, -0.05) is 0 Å². The lowest BCUT2D eigenvalue weighted by Crippen LogP contribution is -2.21. The van der Waals surface area contributed by atoms with Gasteiger partial charge in [0.25, 0.3) is 0 Å². The fraction of sp³-hybridized carbons (Fsp3) is 1.00. The van der Waals surface area contributed by atoms with Crippen molar-refractivity contribution in [3.8, 4) is 0 Å². The van der Waals surface area contributed by atoms with Gasteiger partial charge in [0.05, 0.1) is 0 Å². The predicted octanol–water partition coefficient (Wildman–Crippen LogP) is 0.801. The molecule has 3 radical (unpaired) electrons. The van der Waals surface area contributed by atoms with Crippen LogP contribution in [0.2, 0.25) is 0 Å². The predicted molar refractivity (Wildman–Crippen MR) is 58.6 cm³/mol. The summed E-state index contributed by atoms with van der Waals surface area (Å²) < 4.78 is 173. The molecule has 153 valence electrons. The van der Waals surface area contributed by atoms with Crippen molar-refractivity contribution in [1.82, 2.24) is 0 Å². The smallest absolute Gasteiger partial charge is 0.279 e. The Morgan fingerprint density at radius 3 is 0.480 bits per heavy atom. The van der Waals surface area contributed by atoms with Crippen molar-refractivity contribution in [1.29, 1.82) is 0 Å². The summed E-state index contributed by atoms with van der Waals surface area (Å²) >= 11 is 0. The van der Waals surface area contributed by atoms with Crippen molar-refractivity contribution in [3.63, 3.8) is 0 Å². The van der Waals surface area contributed by atoms with E-state index >= 15 is 0 Å². The van der Waals surface area contributed by atoms with Gasteiger partial charge in [-0.25, -0.2) is 0 Å². The first kappa shape index (κ1) is 32.3. The second-order valence-corrected chi connectivity index (χ2v) is 7.00. The van der Waals surface area contributed by atoms with Gasteiger partial charge in [-0.15, -0.1) is 0 Å². The second kappa shape index (κ2) is 9.53. The molecule has 0 aliphatic carbocycles. The summed E-state index contributed by atoms with van der Waals surface area (Å²) in [6, 6.07) is 0. The molecule has 0 aliphatic rings. The Balaban J connectivity index is -0.000000130. The Bertz CT molecular complexity index is 596. The van der Waals surface area contributed by atoms with Crippen LogP contribution in [-0.2, 0) is 30.4 Å². The average molecular weight is 477 g/mol. The lowest BCUT2D eigenvalue weighted by Gasteiger charge is -1.97. The normalized spacial score (nSPS) is 13.4. The maximum atomic E-state index is 10.7. The zero-order valence-corrected chi connectivity index (χ0v) is 14.1. The fourth-order valence-electron chi connectivity index (χ4n) is 0. The summed E-state index contributed by atoms with van der Waals surface area (Å²) in [5.74, 6) is 0. The van der Waals surface area contributed by atoms with Crippen LogP contribution in [0.15, 0.2) is 0 Å². The highest BCUT2D eigenvalue weighted by molar-refractivity contribution is 7.87. The van der Waals surface area contributed by atoms with Crippen LogP contribution >= 0.6 is 0 Å². The molecule has 0 aliphatic heterocycles. The van der Waals surface area contributed by atoms with Gasteiger partial charge in [0.1, 0.15) is 0 Å². The van der Waals surface area contributed by atoms with E-state index in [4.69, 9.17) is 38.9 Å². The average Bonchev–Trinajstić information content (AvgIpc) is 2.08. The standard InChI is InChI=1S/3CHF3O3S.Al/c3*2-1(3,4)8(5,6)7;/h3*(H,5,6,7);. The molecule has 0 rings (SSSR count). The highest BCUT2D eigenvalue weighted by Crippen LogP contribution is 2.21. The van der Waals surface area contributed by atoms with Gasteiger partial charge in [-0.3, -0.25) is 13.7 Å². The van der Waals surface area contributed by atoms with E-state index in [-0.39, 0.29) is 17.4 Å². The van der Waals surface area contributed by atoms with Gasteiger partial charge in [-0.2, -0.15) is 64.8 Å². The van der Waals surface area contributed by atoms with Crippen LogP contribution in [0.3, 0.4) is 0 Å². The third kappa shape index (κ3) is 15.6. The third-order valence-electron chi connectivity index (χ3n) is 0.877. The van der Waals surface area contributed by atoms with Crippen molar-refractivity contribution < 1.29 is 78.4 Å². The van der Waals surface area contributed by atoms with Crippen molar-refractivity contribution in [2.45, 2.75) is 16.5 Å². The van der Waals surface area contributed by atoms with E-state index in [2.05, 4.69) is 0 Å². The van der Waals surface area contributed by atoms with E-state index in [0.29, 0.717) is 0 Å². The molecule has 0 aromatic carbocycles. The molecule has 0 heterocycles. The molecule has 22 heteroatoms. The first-order valence-electron chi connectivity index (χ1n) is 3.86. The maximum Gasteiger partial charge on any atom is 0.522 e. The number of halogens is 9. The molecule has 3 N–H and O–H groups in total. The SMILES string of the molecule is O=S(=O)(O)C(F)(F)F.O=S(=O)(O)C(F)(F)F.O=S(=O)(O)C(F)(F)F.[Al]. The molecule has 0 fully saturated rings. The molecule has 0 atom stereocenters. The topological polar surface area (TPSA) is 163 Å². The molecule has 0 bridgehead atoms. The summed E-state index contributed by atoms with van der Waals surface area (Å²) in [7, 11) is -17.5. The first-order valence-corrected chi connectivity index (χ1v) is 8.18. The van der Waals surface area contributed by atoms with Crippen LogP contribution < -0.4 is 0 Å². The first-order chi connectivity index (χ1) is 9.75. The Morgan fingerprint density at radius 2 is 0.480 bits per heavy atom. The Morgan fingerprint density at radius 1 is 0.440 bits per heavy atom. The van der Waals surface area contributed by atoms with E-state index in [9.17, 15) is 39.5 Å². The molecule has 0 saturated heterocycles. The number of hydrogen-bond acceptors (Lipinski definition) is 6. The minimum Gasteiger partial charge on any atom is -0.279 e. The van der Waals surface area contributed by atoms with Gasteiger partial charge < -0.3 is 0 Å². The van der Waals surface area contributed by atoms with Crippen LogP contribution in [-0.4, -0.2) is 72.8 Å². The largest absolute Gasteiger partial charge is 0.522 e. The summed E-state index contributed by atoms with van der Waals surface area (Å²) in [6.45, 7) is 0. The number of hydrogen-bond donors (Lipinski definition) is 3. The number of rotatable bonds is 0. The summed E-state index contributed by atoms with van der Waals surface area (Å²) in [5, 5.41) is 0. The minimum atomic E-state index is -5.84. The zero-order chi connectivity index (χ0) is 21.0. The minimum absolute atomic E-state index is 0. The summed E-state index contributed by atoms with van der Waals surface area (Å²) in [6.07, 6.45) is 0. The van der Waals surface area contributed by atoms with E-state index in [1.165, 1.54) is 0 Å². The van der Waals surface area contributed by atoms with E-state index < -0.39 is 46.9 Å². The Labute approximate surface area is 143 Å². The molecule has 25 heavy (non-hydrogen) atoms.